The van der Waals surface area contributed by atoms with E-state index in [-0.39, 0.29) is 30.8 Å². The number of nitrogens with zero attached hydrogens (tertiary/aromatic N) is 1. The number of ether oxygens (including phenoxy) is 1. The van der Waals surface area contributed by atoms with E-state index in [0.717, 1.165) is 33.6 Å². The number of aliphatic carboxylic acids is 1. The maximum Gasteiger partial charge on any atom is 0.416 e. The molecule has 1 heterocycles. The monoisotopic (exact) mass is 505 g/mol. The molecule has 0 aliphatic carbocycles. The van der Waals surface area contributed by atoms with Crippen molar-refractivity contribution in [2.45, 2.75) is 36.9 Å². The van der Waals surface area contributed by atoms with Crippen molar-refractivity contribution in [2.24, 2.45) is 0 Å². The summed E-state index contributed by atoms with van der Waals surface area (Å²) in [5.41, 5.74) is 1.66. The highest BCUT2D eigenvalue weighted by atomic mass is 32.2. The number of rotatable bonds is 6. The SMILES string of the molecule is Cc1ccc(-c2ccc3c(c2)N(S(=O)(=O)c2cccc(C(F)(F)F)c2)C[C@H](CCC(=O)O)O3)cc1. The Kier molecular flexibility index (Phi) is 6.50. The van der Waals surface area contributed by atoms with E-state index >= 15 is 0 Å². The van der Waals surface area contributed by atoms with Crippen molar-refractivity contribution in [2.75, 3.05) is 10.8 Å². The summed E-state index contributed by atoms with van der Waals surface area (Å²) < 4.78 is 73.9. The molecule has 0 spiro atoms. The van der Waals surface area contributed by atoms with Gasteiger partial charge in [0, 0.05) is 6.42 Å². The van der Waals surface area contributed by atoms with Crippen LogP contribution in [-0.2, 0) is 21.0 Å². The zero-order valence-electron chi connectivity index (χ0n) is 18.6. The van der Waals surface area contributed by atoms with Crippen LogP contribution in [0.25, 0.3) is 11.1 Å². The Morgan fingerprint density at radius 1 is 1.06 bits per heavy atom. The van der Waals surface area contributed by atoms with E-state index in [4.69, 9.17) is 9.84 Å². The normalized spacial score (nSPS) is 15.9. The Morgan fingerprint density at radius 3 is 2.40 bits per heavy atom. The summed E-state index contributed by atoms with van der Waals surface area (Å²) in [6.07, 6.45) is -5.72. The highest BCUT2D eigenvalue weighted by Gasteiger charge is 2.37. The van der Waals surface area contributed by atoms with Gasteiger partial charge in [-0.2, -0.15) is 13.2 Å². The molecule has 1 aliphatic heterocycles. The molecular formula is C25H22F3NO5S. The summed E-state index contributed by atoms with van der Waals surface area (Å²) >= 11 is 0. The Balaban J connectivity index is 1.80. The van der Waals surface area contributed by atoms with Crippen LogP contribution >= 0.6 is 0 Å². The van der Waals surface area contributed by atoms with E-state index in [1.807, 2.05) is 31.2 Å². The van der Waals surface area contributed by atoms with Crippen molar-refractivity contribution < 1.29 is 36.2 Å². The first-order valence-corrected chi connectivity index (χ1v) is 12.2. The second kappa shape index (κ2) is 9.26. The number of halogens is 3. The zero-order valence-corrected chi connectivity index (χ0v) is 19.4. The molecule has 35 heavy (non-hydrogen) atoms. The molecule has 0 unspecified atom stereocenters. The van der Waals surface area contributed by atoms with Crippen molar-refractivity contribution in [3.05, 3.63) is 77.9 Å². The molecule has 3 aromatic carbocycles. The van der Waals surface area contributed by atoms with Crippen LogP contribution in [0.5, 0.6) is 5.75 Å². The minimum atomic E-state index is -4.71. The summed E-state index contributed by atoms with van der Waals surface area (Å²) in [5.74, 6) is -0.862. The van der Waals surface area contributed by atoms with Gasteiger partial charge in [-0.05, 0) is 54.8 Å². The lowest BCUT2D eigenvalue weighted by Crippen LogP contribution is -2.43. The van der Waals surface area contributed by atoms with Crippen LogP contribution in [0.2, 0.25) is 0 Å². The second-order valence-electron chi connectivity index (χ2n) is 8.28. The summed E-state index contributed by atoms with van der Waals surface area (Å²) in [6, 6.07) is 16.1. The molecule has 0 aromatic heterocycles. The molecule has 1 aliphatic rings. The van der Waals surface area contributed by atoms with Crippen LogP contribution in [0.1, 0.15) is 24.0 Å². The van der Waals surface area contributed by atoms with Gasteiger partial charge >= 0.3 is 12.1 Å². The largest absolute Gasteiger partial charge is 0.486 e. The maximum absolute atomic E-state index is 13.6. The lowest BCUT2D eigenvalue weighted by atomic mass is 10.0. The van der Waals surface area contributed by atoms with Gasteiger partial charge in [0.2, 0.25) is 0 Å². The Bertz CT molecular complexity index is 1350. The first-order valence-electron chi connectivity index (χ1n) is 10.7. The predicted octanol–water partition coefficient (Wildman–Crippen LogP) is 5.50. The van der Waals surface area contributed by atoms with Gasteiger partial charge in [0.25, 0.3) is 10.0 Å². The Labute approximate surface area is 200 Å². The van der Waals surface area contributed by atoms with Crippen molar-refractivity contribution in [1.82, 2.24) is 0 Å². The molecule has 184 valence electrons. The van der Waals surface area contributed by atoms with Crippen LogP contribution in [0.15, 0.2) is 71.6 Å². The van der Waals surface area contributed by atoms with E-state index in [1.165, 1.54) is 0 Å². The summed E-state index contributed by atoms with van der Waals surface area (Å²) in [7, 11) is -4.43. The zero-order chi connectivity index (χ0) is 25.4. The second-order valence-corrected chi connectivity index (χ2v) is 10.1. The summed E-state index contributed by atoms with van der Waals surface area (Å²) in [6.45, 7) is 1.70. The Hall–Kier alpha value is -3.53. The summed E-state index contributed by atoms with van der Waals surface area (Å²) in [4.78, 5) is 10.5. The molecule has 1 N–H and O–H groups in total. The van der Waals surface area contributed by atoms with E-state index in [1.54, 1.807) is 18.2 Å². The molecule has 4 rings (SSSR count). The first-order chi connectivity index (χ1) is 16.4. The van der Waals surface area contributed by atoms with Gasteiger partial charge in [-0.3, -0.25) is 9.10 Å². The fourth-order valence-corrected chi connectivity index (χ4v) is 5.41. The third-order valence-electron chi connectivity index (χ3n) is 5.71. The number of sulfonamides is 1. The molecule has 0 radical (unpaired) electrons. The first kappa shape index (κ1) is 24.6. The Morgan fingerprint density at radius 2 is 1.74 bits per heavy atom. The van der Waals surface area contributed by atoms with E-state index in [0.29, 0.717) is 11.6 Å². The van der Waals surface area contributed by atoms with Crippen LogP contribution in [0, 0.1) is 6.92 Å². The van der Waals surface area contributed by atoms with Crippen LogP contribution in [0.4, 0.5) is 18.9 Å². The molecule has 3 aromatic rings. The van der Waals surface area contributed by atoms with Crippen molar-refractivity contribution in [1.29, 1.82) is 0 Å². The van der Waals surface area contributed by atoms with E-state index in [9.17, 15) is 26.4 Å². The smallest absolute Gasteiger partial charge is 0.416 e. The van der Waals surface area contributed by atoms with Crippen molar-refractivity contribution in [3.8, 4) is 16.9 Å². The standard InChI is InChI=1S/C25H22F3NO5S/c1-16-5-7-17(8-6-16)18-9-11-23-22(13-18)29(15-20(34-23)10-12-24(30)31)35(32,33)21-4-2-3-19(14-21)25(26,27)28/h2-9,11,13-14,20H,10,12,15H2,1H3,(H,30,31)/t20-/m0/s1. The number of hydrogen-bond donors (Lipinski definition) is 1. The van der Waals surface area contributed by atoms with Crippen LogP contribution < -0.4 is 9.04 Å². The molecule has 0 bridgehead atoms. The third-order valence-corrected chi connectivity index (χ3v) is 7.48. The minimum Gasteiger partial charge on any atom is -0.486 e. The van der Waals surface area contributed by atoms with Gasteiger partial charge in [0.15, 0.2) is 0 Å². The van der Waals surface area contributed by atoms with Crippen molar-refractivity contribution >= 4 is 21.7 Å². The maximum atomic E-state index is 13.6. The molecule has 0 saturated heterocycles. The minimum absolute atomic E-state index is 0.0309. The van der Waals surface area contributed by atoms with Crippen LogP contribution in [-0.4, -0.2) is 32.1 Å². The number of carbonyl (C=O) groups is 1. The summed E-state index contributed by atoms with van der Waals surface area (Å²) in [5, 5.41) is 9.04. The van der Waals surface area contributed by atoms with Crippen LogP contribution in [0.3, 0.4) is 0 Å². The van der Waals surface area contributed by atoms with E-state index < -0.39 is 38.7 Å². The molecule has 0 fully saturated rings. The number of hydrogen-bond acceptors (Lipinski definition) is 4. The third kappa shape index (κ3) is 5.27. The number of carboxylic acid groups (broad SMARTS) is 1. The molecule has 10 heteroatoms. The number of aryl methyl sites for hydroxylation is 1. The predicted molar refractivity (Wildman–Crippen MR) is 124 cm³/mol. The highest BCUT2D eigenvalue weighted by molar-refractivity contribution is 7.92. The van der Waals surface area contributed by atoms with Gasteiger partial charge in [-0.25, -0.2) is 8.42 Å². The van der Waals surface area contributed by atoms with Gasteiger partial charge in [-0.15, -0.1) is 0 Å². The van der Waals surface area contributed by atoms with Crippen molar-refractivity contribution in [3.63, 3.8) is 0 Å². The number of benzene rings is 3. The fraction of sp³-hybridized carbons (Fsp3) is 0.240. The number of alkyl halides is 3. The molecule has 0 saturated carbocycles. The average Bonchev–Trinajstić information content (AvgIpc) is 2.82. The molecule has 0 amide bonds. The molecule has 6 nitrogen and oxygen atoms in total. The highest BCUT2D eigenvalue weighted by Crippen LogP contribution is 2.41. The van der Waals surface area contributed by atoms with Gasteiger partial charge in [0.1, 0.15) is 11.9 Å². The topological polar surface area (TPSA) is 83.9 Å². The number of fused-ring (bicyclic) bond motifs is 1. The van der Waals surface area contributed by atoms with Gasteiger partial charge < -0.3 is 9.84 Å². The molecular weight excluding hydrogens is 483 g/mol. The number of anilines is 1. The average molecular weight is 506 g/mol. The number of carboxylic acids is 1. The quantitative estimate of drug-likeness (QED) is 0.478. The lowest BCUT2D eigenvalue weighted by molar-refractivity contribution is -0.138. The van der Waals surface area contributed by atoms with E-state index in [2.05, 4.69) is 0 Å². The van der Waals surface area contributed by atoms with Gasteiger partial charge in [-0.1, -0.05) is 42.0 Å². The molecule has 1 atom stereocenters. The fourth-order valence-electron chi connectivity index (χ4n) is 3.86. The lowest BCUT2D eigenvalue weighted by Gasteiger charge is -2.36. The van der Waals surface area contributed by atoms with Gasteiger partial charge in [0.05, 0.1) is 22.7 Å².